The van der Waals surface area contributed by atoms with E-state index in [-0.39, 0.29) is 5.38 Å². The first-order chi connectivity index (χ1) is 5.09. The molecule has 0 bridgehead atoms. The van der Waals surface area contributed by atoms with Gasteiger partial charge in [-0.25, -0.2) is 4.79 Å². The second kappa shape index (κ2) is 2.92. The van der Waals surface area contributed by atoms with E-state index in [1.165, 1.54) is 6.07 Å². The number of halogens is 1. The summed E-state index contributed by atoms with van der Waals surface area (Å²) in [6, 6.07) is 1.26. The molecule has 0 aromatic carbocycles. The van der Waals surface area contributed by atoms with E-state index in [1.54, 1.807) is 6.92 Å². The van der Waals surface area contributed by atoms with Gasteiger partial charge in [-0.2, -0.15) is 0 Å². The van der Waals surface area contributed by atoms with E-state index in [0.29, 0.717) is 5.69 Å². The maximum atomic E-state index is 10.7. The largest absolute Gasteiger partial charge is 0.325 e. The van der Waals surface area contributed by atoms with E-state index in [0.717, 1.165) is 0 Å². The van der Waals surface area contributed by atoms with E-state index in [2.05, 4.69) is 4.98 Å². The van der Waals surface area contributed by atoms with Crippen molar-refractivity contribution in [3.8, 4) is 0 Å². The standard InChI is InChI=1S/C6H7ClN2O2/c1-3(7)4-2-5(10)9-6(11)8-4/h2-3H,1H3,(H2,8,9,10,11). The van der Waals surface area contributed by atoms with E-state index < -0.39 is 11.2 Å². The van der Waals surface area contributed by atoms with Crippen LogP contribution in [0.25, 0.3) is 0 Å². The van der Waals surface area contributed by atoms with Crippen molar-refractivity contribution < 1.29 is 0 Å². The Bertz CT molecular complexity index is 324. The molecule has 2 N–H and O–H groups in total. The highest BCUT2D eigenvalue weighted by Crippen LogP contribution is 2.12. The Labute approximate surface area is 67.2 Å². The maximum absolute atomic E-state index is 10.7. The number of alkyl halides is 1. The molecule has 1 rings (SSSR count). The number of aromatic amines is 2. The Morgan fingerprint density at radius 2 is 2.09 bits per heavy atom. The molecule has 11 heavy (non-hydrogen) atoms. The Kier molecular flexibility index (Phi) is 2.14. The molecule has 0 saturated heterocycles. The molecule has 0 spiro atoms. The summed E-state index contributed by atoms with van der Waals surface area (Å²) >= 11 is 5.62. The zero-order chi connectivity index (χ0) is 8.43. The third kappa shape index (κ3) is 1.94. The van der Waals surface area contributed by atoms with Crippen LogP contribution in [0.3, 0.4) is 0 Å². The molecule has 60 valence electrons. The van der Waals surface area contributed by atoms with Gasteiger partial charge in [0.2, 0.25) is 0 Å². The minimum atomic E-state index is -0.528. The van der Waals surface area contributed by atoms with E-state index in [4.69, 9.17) is 11.6 Å². The number of hydrogen-bond donors (Lipinski definition) is 2. The van der Waals surface area contributed by atoms with Crippen LogP contribution >= 0.6 is 11.6 Å². The first-order valence-corrected chi connectivity index (χ1v) is 3.51. The Morgan fingerprint density at radius 3 is 2.55 bits per heavy atom. The predicted octanol–water partition coefficient (Wildman–Crippen LogP) is 0.363. The monoisotopic (exact) mass is 174 g/mol. The molecular weight excluding hydrogens is 168 g/mol. The van der Waals surface area contributed by atoms with Gasteiger partial charge in [-0.15, -0.1) is 11.6 Å². The van der Waals surface area contributed by atoms with Gasteiger partial charge in [0.25, 0.3) is 5.56 Å². The quantitative estimate of drug-likeness (QED) is 0.604. The summed E-state index contributed by atoms with van der Waals surface area (Å²) in [4.78, 5) is 25.8. The Hall–Kier alpha value is -1.03. The molecule has 0 fully saturated rings. The molecule has 0 saturated carbocycles. The van der Waals surface area contributed by atoms with Crippen LogP contribution in [0.5, 0.6) is 0 Å². The molecule has 1 aromatic rings. The fraction of sp³-hybridized carbons (Fsp3) is 0.333. The third-order valence-electron chi connectivity index (χ3n) is 1.21. The molecule has 1 heterocycles. The van der Waals surface area contributed by atoms with E-state index in [1.807, 2.05) is 4.98 Å². The lowest BCUT2D eigenvalue weighted by Crippen LogP contribution is -2.23. The summed E-state index contributed by atoms with van der Waals surface area (Å²) in [5.74, 6) is 0. The van der Waals surface area contributed by atoms with Crippen LogP contribution < -0.4 is 11.2 Å². The van der Waals surface area contributed by atoms with Crippen molar-refractivity contribution in [2.24, 2.45) is 0 Å². The second-order valence-electron chi connectivity index (χ2n) is 2.16. The SMILES string of the molecule is CC(Cl)c1cc(=O)[nH]c(=O)[nH]1. The Morgan fingerprint density at radius 1 is 1.45 bits per heavy atom. The van der Waals surface area contributed by atoms with Crippen molar-refractivity contribution in [1.82, 2.24) is 9.97 Å². The Balaban J connectivity index is 3.30. The molecule has 5 heteroatoms. The molecule has 0 aliphatic heterocycles. The minimum Gasteiger partial charge on any atom is -0.310 e. The van der Waals surface area contributed by atoms with Gasteiger partial charge in [0.15, 0.2) is 0 Å². The summed E-state index contributed by atoms with van der Waals surface area (Å²) in [6.45, 7) is 1.67. The number of hydrogen-bond acceptors (Lipinski definition) is 2. The van der Waals surface area contributed by atoms with Crippen LogP contribution in [-0.4, -0.2) is 9.97 Å². The molecule has 1 atom stereocenters. The van der Waals surface area contributed by atoms with E-state index in [9.17, 15) is 9.59 Å². The van der Waals surface area contributed by atoms with Gasteiger partial charge in [0.05, 0.1) is 5.38 Å². The molecule has 0 amide bonds. The first kappa shape index (κ1) is 8.07. The molecule has 1 aromatic heterocycles. The fourth-order valence-electron chi connectivity index (χ4n) is 0.702. The fourth-order valence-corrected chi connectivity index (χ4v) is 0.819. The number of H-pyrrole nitrogens is 2. The highest BCUT2D eigenvalue weighted by molar-refractivity contribution is 6.20. The average Bonchev–Trinajstić information content (AvgIpc) is 1.85. The van der Waals surface area contributed by atoms with Gasteiger partial charge in [0.1, 0.15) is 0 Å². The van der Waals surface area contributed by atoms with Crippen LogP contribution in [0, 0.1) is 0 Å². The van der Waals surface area contributed by atoms with Crippen molar-refractivity contribution in [1.29, 1.82) is 0 Å². The topological polar surface area (TPSA) is 65.7 Å². The number of aromatic nitrogens is 2. The lowest BCUT2D eigenvalue weighted by molar-refractivity contribution is 0.915. The van der Waals surface area contributed by atoms with Crippen LogP contribution in [0.2, 0.25) is 0 Å². The van der Waals surface area contributed by atoms with Crippen LogP contribution in [0.1, 0.15) is 18.0 Å². The highest BCUT2D eigenvalue weighted by Gasteiger charge is 2.01. The smallest absolute Gasteiger partial charge is 0.310 e. The molecule has 0 aliphatic rings. The zero-order valence-electron chi connectivity index (χ0n) is 5.85. The maximum Gasteiger partial charge on any atom is 0.325 e. The van der Waals surface area contributed by atoms with Gasteiger partial charge in [-0.1, -0.05) is 0 Å². The van der Waals surface area contributed by atoms with Gasteiger partial charge < -0.3 is 4.98 Å². The van der Waals surface area contributed by atoms with Gasteiger partial charge >= 0.3 is 5.69 Å². The summed E-state index contributed by atoms with van der Waals surface area (Å²) in [6.07, 6.45) is 0. The molecular formula is C6H7ClN2O2. The molecule has 1 unspecified atom stereocenters. The number of nitrogens with one attached hydrogen (secondary N) is 2. The van der Waals surface area contributed by atoms with Crippen molar-refractivity contribution in [3.63, 3.8) is 0 Å². The third-order valence-corrected chi connectivity index (χ3v) is 1.44. The minimum absolute atomic E-state index is 0.356. The van der Waals surface area contributed by atoms with Crippen molar-refractivity contribution in [2.75, 3.05) is 0 Å². The molecule has 0 aliphatic carbocycles. The summed E-state index contributed by atoms with van der Waals surface area (Å²) < 4.78 is 0. The van der Waals surface area contributed by atoms with Crippen LogP contribution in [0.4, 0.5) is 0 Å². The van der Waals surface area contributed by atoms with Crippen LogP contribution in [0.15, 0.2) is 15.7 Å². The lowest BCUT2D eigenvalue weighted by atomic mass is 10.3. The van der Waals surface area contributed by atoms with Crippen molar-refractivity contribution in [3.05, 3.63) is 32.6 Å². The summed E-state index contributed by atoms with van der Waals surface area (Å²) in [5, 5.41) is -0.356. The second-order valence-corrected chi connectivity index (χ2v) is 2.81. The first-order valence-electron chi connectivity index (χ1n) is 3.07. The van der Waals surface area contributed by atoms with Gasteiger partial charge in [-0.05, 0) is 6.92 Å². The predicted molar refractivity (Wildman–Crippen MR) is 42.0 cm³/mol. The van der Waals surface area contributed by atoms with Crippen molar-refractivity contribution >= 4 is 11.6 Å². The highest BCUT2D eigenvalue weighted by atomic mass is 35.5. The van der Waals surface area contributed by atoms with Crippen molar-refractivity contribution in [2.45, 2.75) is 12.3 Å². The lowest BCUT2D eigenvalue weighted by Gasteiger charge is -1.99. The number of rotatable bonds is 1. The summed E-state index contributed by atoms with van der Waals surface area (Å²) in [7, 11) is 0. The van der Waals surface area contributed by atoms with Gasteiger partial charge in [-0.3, -0.25) is 9.78 Å². The average molecular weight is 175 g/mol. The zero-order valence-corrected chi connectivity index (χ0v) is 6.61. The summed E-state index contributed by atoms with van der Waals surface area (Å²) in [5.41, 5.74) is -0.531. The van der Waals surface area contributed by atoms with Gasteiger partial charge in [0, 0.05) is 11.8 Å². The normalized spacial score (nSPS) is 12.9. The molecule has 0 radical (unpaired) electrons. The van der Waals surface area contributed by atoms with Crippen LogP contribution in [-0.2, 0) is 0 Å². The van der Waals surface area contributed by atoms with E-state index >= 15 is 0 Å². The molecule has 4 nitrogen and oxygen atoms in total.